The molecule has 2 aromatic heterocycles. The van der Waals surface area contributed by atoms with Gasteiger partial charge in [-0.15, -0.1) is 11.3 Å². The lowest BCUT2D eigenvalue weighted by molar-refractivity contribution is -0.143. The summed E-state index contributed by atoms with van der Waals surface area (Å²) in [5.41, 5.74) is 1.28. The number of hydrogen-bond donors (Lipinski definition) is 1. The molecule has 1 N–H and O–H groups in total. The highest BCUT2D eigenvalue weighted by atomic mass is 35.5. The summed E-state index contributed by atoms with van der Waals surface area (Å²) in [5, 5.41) is 5.78. The highest BCUT2D eigenvalue weighted by Gasteiger charge is 2.48. The molecular weight excluding hydrogens is 401 g/mol. The van der Waals surface area contributed by atoms with Crippen LogP contribution in [-0.2, 0) is 11.3 Å². The number of hydrogen-bond acceptors (Lipinski definition) is 4. The number of thiophene rings is 1. The number of carbonyl (C=O) groups excluding carboxylic acids is 1. The Balaban J connectivity index is 1.46. The van der Waals surface area contributed by atoms with Gasteiger partial charge in [0, 0.05) is 34.9 Å². The highest BCUT2D eigenvalue weighted by Crippen LogP contribution is 2.34. The van der Waals surface area contributed by atoms with E-state index < -0.39 is 5.82 Å². The van der Waals surface area contributed by atoms with Gasteiger partial charge in [0.1, 0.15) is 12.4 Å². The highest BCUT2D eigenvalue weighted by molar-refractivity contribution is 7.17. The first-order chi connectivity index (χ1) is 13.5. The van der Waals surface area contributed by atoms with E-state index in [-0.39, 0.29) is 28.6 Å². The van der Waals surface area contributed by atoms with Crippen LogP contribution in [0.2, 0.25) is 5.02 Å². The average molecular weight is 418 g/mol. The maximum Gasteiger partial charge on any atom is 0.260 e. The van der Waals surface area contributed by atoms with E-state index in [9.17, 15) is 14.0 Å². The van der Waals surface area contributed by atoms with E-state index in [1.54, 1.807) is 17.2 Å². The summed E-state index contributed by atoms with van der Waals surface area (Å²) in [6.07, 6.45) is 2.76. The monoisotopic (exact) mass is 417 g/mol. The quantitative estimate of drug-likeness (QED) is 0.712. The summed E-state index contributed by atoms with van der Waals surface area (Å²) < 4.78 is 15.8. The molecule has 0 bridgehead atoms. The number of halogens is 2. The molecule has 4 heterocycles. The Labute approximate surface area is 169 Å². The Morgan fingerprint density at radius 3 is 2.79 bits per heavy atom. The van der Waals surface area contributed by atoms with Crippen LogP contribution in [0.1, 0.15) is 6.42 Å². The average Bonchev–Trinajstić information content (AvgIpc) is 3.02. The predicted octanol–water partition coefficient (Wildman–Crippen LogP) is 3.10. The maximum atomic E-state index is 13.5. The van der Waals surface area contributed by atoms with Gasteiger partial charge >= 0.3 is 0 Å². The van der Waals surface area contributed by atoms with E-state index >= 15 is 0 Å². The number of amides is 1. The molecule has 0 unspecified atom stereocenters. The molecule has 0 radical (unpaired) electrons. The third-order valence-electron chi connectivity index (χ3n) is 5.68. The summed E-state index contributed by atoms with van der Waals surface area (Å²) in [4.78, 5) is 27.4. The zero-order valence-corrected chi connectivity index (χ0v) is 16.4. The first-order valence-corrected chi connectivity index (χ1v) is 10.3. The van der Waals surface area contributed by atoms with Crippen molar-refractivity contribution < 1.29 is 9.18 Å². The number of carbonyl (C=O) groups is 1. The minimum Gasteiger partial charge on any atom is -0.337 e. The standard InChI is InChI=1S/C20H17ClFN3O2S/c21-14-7-12(1-2-15(14)22)13-9-28-16-3-6-24(19(27)18(13)16)8-17(26)25-10-20(11-25)4-5-23-20/h1-3,6-7,9,23H,4-5,8,10-11H2. The summed E-state index contributed by atoms with van der Waals surface area (Å²) in [6.45, 7) is 2.44. The summed E-state index contributed by atoms with van der Waals surface area (Å²) in [6, 6.07) is 6.26. The summed E-state index contributed by atoms with van der Waals surface area (Å²) >= 11 is 7.35. The van der Waals surface area contributed by atoms with Crippen LogP contribution < -0.4 is 10.9 Å². The number of nitrogens with zero attached hydrogens (tertiary/aromatic N) is 2. The van der Waals surface area contributed by atoms with Crippen molar-refractivity contribution >= 4 is 38.9 Å². The van der Waals surface area contributed by atoms with Crippen LogP contribution in [0.15, 0.2) is 40.6 Å². The van der Waals surface area contributed by atoms with Gasteiger partial charge in [0.2, 0.25) is 5.91 Å². The van der Waals surface area contributed by atoms with Crippen LogP contribution in [0.5, 0.6) is 0 Å². The van der Waals surface area contributed by atoms with Crippen molar-refractivity contribution in [3.63, 3.8) is 0 Å². The Kier molecular flexibility index (Phi) is 4.08. The van der Waals surface area contributed by atoms with Gasteiger partial charge in [0.25, 0.3) is 5.56 Å². The fourth-order valence-corrected chi connectivity index (χ4v) is 5.07. The van der Waals surface area contributed by atoms with E-state index in [4.69, 9.17) is 11.6 Å². The van der Waals surface area contributed by atoms with E-state index in [0.29, 0.717) is 29.6 Å². The molecule has 0 saturated carbocycles. The number of benzene rings is 1. The van der Waals surface area contributed by atoms with Crippen LogP contribution in [0, 0.1) is 5.82 Å². The zero-order chi connectivity index (χ0) is 19.5. The van der Waals surface area contributed by atoms with Gasteiger partial charge < -0.3 is 14.8 Å². The largest absolute Gasteiger partial charge is 0.337 e. The zero-order valence-electron chi connectivity index (χ0n) is 14.9. The van der Waals surface area contributed by atoms with Crippen LogP contribution >= 0.6 is 22.9 Å². The van der Waals surface area contributed by atoms with Crippen molar-refractivity contribution in [1.82, 2.24) is 14.8 Å². The topological polar surface area (TPSA) is 54.3 Å². The second-order valence-corrected chi connectivity index (χ2v) is 8.79. The van der Waals surface area contributed by atoms with Crippen molar-refractivity contribution in [1.29, 1.82) is 0 Å². The molecule has 2 fully saturated rings. The molecule has 1 spiro atoms. The third-order valence-corrected chi connectivity index (χ3v) is 6.92. The molecule has 0 atom stereocenters. The number of rotatable bonds is 3. The molecule has 3 aromatic rings. The van der Waals surface area contributed by atoms with Gasteiger partial charge in [-0.2, -0.15) is 0 Å². The smallest absolute Gasteiger partial charge is 0.260 e. The van der Waals surface area contributed by atoms with Gasteiger partial charge in [-0.05, 0) is 36.7 Å². The van der Waals surface area contributed by atoms with Crippen LogP contribution in [0.4, 0.5) is 4.39 Å². The minimum absolute atomic E-state index is 0.0135. The van der Waals surface area contributed by atoms with E-state index in [1.807, 2.05) is 11.4 Å². The molecule has 0 aliphatic carbocycles. The number of likely N-dealkylation sites (tertiary alicyclic amines) is 1. The first-order valence-electron chi connectivity index (χ1n) is 9.05. The molecule has 8 heteroatoms. The van der Waals surface area contributed by atoms with Crippen molar-refractivity contribution in [3.8, 4) is 11.1 Å². The van der Waals surface area contributed by atoms with Gasteiger partial charge in [0.05, 0.1) is 15.9 Å². The first kappa shape index (κ1) is 17.8. The normalized spacial score (nSPS) is 17.6. The molecule has 1 amide bonds. The molecule has 2 aliphatic rings. The van der Waals surface area contributed by atoms with Crippen LogP contribution in [-0.4, -0.2) is 40.5 Å². The number of nitrogens with one attached hydrogen (secondary N) is 1. The molecular formula is C20H17ClFN3O2S. The Bertz CT molecular complexity index is 1160. The second kappa shape index (κ2) is 6.40. The molecule has 5 nitrogen and oxygen atoms in total. The van der Waals surface area contributed by atoms with Gasteiger partial charge in [-0.25, -0.2) is 4.39 Å². The third kappa shape index (κ3) is 2.77. The number of pyridine rings is 1. The lowest BCUT2D eigenvalue weighted by atomic mass is 9.80. The Morgan fingerprint density at radius 2 is 2.11 bits per heavy atom. The fourth-order valence-electron chi connectivity index (χ4n) is 3.94. The van der Waals surface area contributed by atoms with Crippen LogP contribution in [0.25, 0.3) is 21.2 Å². The van der Waals surface area contributed by atoms with Crippen molar-refractivity contribution in [2.24, 2.45) is 0 Å². The maximum absolute atomic E-state index is 13.5. The number of fused-ring (bicyclic) bond motifs is 1. The molecule has 2 aliphatic heterocycles. The molecule has 1 aromatic carbocycles. The fraction of sp³-hybridized carbons (Fsp3) is 0.300. The van der Waals surface area contributed by atoms with Gasteiger partial charge in [0.15, 0.2) is 0 Å². The Hall–Kier alpha value is -2.22. The predicted molar refractivity (Wildman–Crippen MR) is 108 cm³/mol. The Morgan fingerprint density at radius 1 is 1.32 bits per heavy atom. The second-order valence-electron chi connectivity index (χ2n) is 7.47. The van der Waals surface area contributed by atoms with E-state index in [2.05, 4.69) is 5.32 Å². The SMILES string of the molecule is O=C(Cn1ccc2scc(-c3ccc(F)c(Cl)c3)c2c1=O)N1CC2(CCN2)C1. The van der Waals surface area contributed by atoms with Crippen molar-refractivity contribution in [2.45, 2.75) is 18.5 Å². The summed E-state index contributed by atoms with van der Waals surface area (Å²) in [5.74, 6) is -0.552. The van der Waals surface area contributed by atoms with Crippen molar-refractivity contribution in [2.75, 3.05) is 19.6 Å². The van der Waals surface area contributed by atoms with E-state index in [0.717, 1.165) is 17.7 Å². The molecule has 144 valence electrons. The minimum atomic E-state index is -0.499. The molecule has 2 saturated heterocycles. The van der Waals surface area contributed by atoms with Crippen molar-refractivity contribution in [3.05, 3.63) is 57.0 Å². The number of aromatic nitrogens is 1. The van der Waals surface area contributed by atoms with Gasteiger partial charge in [-0.1, -0.05) is 17.7 Å². The lowest BCUT2D eigenvalue weighted by Crippen LogP contribution is -2.76. The van der Waals surface area contributed by atoms with Crippen LogP contribution in [0.3, 0.4) is 0 Å². The lowest BCUT2D eigenvalue weighted by Gasteiger charge is -2.56. The molecule has 28 heavy (non-hydrogen) atoms. The van der Waals surface area contributed by atoms with E-state index in [1.165, 1.54) is 28.0 Å². The van der Waals surface area contributed by atoms with Gasteiger partial charge in [-0.3, -0.25) is 9.59 Å². The molecule has 5 rings (SSSR count). The summed E-state index contributed by atoms with van der Waals surface area (Å²) in [7, 11) is 0.